The van der Waals surface area contributed by atoms with Crippen LogP contribution in [-0.2, 0) is 4.79 Å². The standard InChI is InChI=1S/C17H21N3O2S2/c1-12-10-23-17(19-12)24-11-15(21)20-8-5-13(6-9-20)16(22)14-4-2-3-7-18-14/h2-4,7,10,13,16,22H,5-6,8-9,11H2,1H3/t16-/m0/s1. The van der Waals surface area contributed by atoms with Gasteiger partial charge in [0.15, 0.2) is 4.34 Å². The number of carbonyl (C=O) groups excluding carboxylic acids is 1. The molecule has 2 aromatic heterocycles. The Labute approximate surface area is 150 Å². The molecule has 0 radical (unpaired) electrons. The molecular formula is C17H21N3O2S2. The van der Waals surface area contributed by atoms with E-state index in [1.165, 1.54) is 11.8 Å². The maximum absolute atomic E-state index is 12.3. The number of aliphatic hydroxyl groups is 1. The summed E-state index contributed by atoms with van der Waals surface area (Å²) in [7, 11) is 0. The zero-order valence-electron chi connectivity index (χ0n) is 13.6. The van der Waals surface area contributed by atoms with Crippen LogP contribution in [0.5, 0.6) is 0 Å². The molecule has 0 aliphatic carbocycles. The lowest BCUT2D eigenvalue weighted by atomic mass is 9.89. The number of carbonyl (C=O) groups is 1. The molecule has 128 valence electrons. The van der Waals surface area contributed by atoms with E-state index >= 15 is 0 Å². The highest BCUT2D eigenvalue weighted by Crippen LogP contribution is 2.30. The molecule has 1 fully saturated rings. The molecule has 1 atom stereocenters. The monoisotopic (exact) mass is 363 g/mol. The van der Waals surface area contributed by atoms with Gasteiger partial charge in [-0.1, -0.05) is 17.8 Å². The lowest BCUT2D eigenvalue weighted by molar-refractivity contribution is -0.130. The van der Waals surface area contributed by atoms with E-state index in [1.807, 2.05) is 35.4 Å². The Bertz CT molecular complexity index is 669. The second-order valence-electron chi connectivity index (χ2n) is 5.96. The molecule has 0 saturated carbocycles. The molecule has 5 nitrogen and oxygen atoms in total. The van der Waals surface area contributed by atoms with Crippen molar-refractivity contribution in [3.8, 4) is 0 Å². The minimum absolute atomic E-state index is 0.152. The van der Waals surface area contributed by atoms with E-state index in [0.29, 0.717) is 18.8 Å². The fourth-order valence-electron chi connectivity index (χ4n) is 2.87. The fraction of sp³-hybridized carbons (Fsp3) is 0.471. The molecule has 3 rings (SSSR count). The van der Waals surface area contributed by atoms with Gasteiger partial charge in [0.1, 0.15) is 0 Å². The fourth-order valence-corrected chi connectivity index (χ4v) is 4.62. The van der Waals surface area contributed by atoms with Crippen molar-refractivity contribution < 1.29 is 9.90 Å². The summed E-state index contributed by atoms with van der Waals surface area (Å²) in [4.78, 5) is 22.8. The van der Waals surface area contributed by atoms with Crippen LogP contribution in [0.3, 0.4) is 0 Å². The first kappa shape index (κ1) is 17.4. The van der Waals surface area contributed by atoms with E-state index in [2.05, 4.69) is 9.97 Å². The van der Waals surface area contributed by atoms with E-state index in [1.54, 1.807) is 17.5 Å². The summed E-state index contributed by atoms with van der Waals surface area (Å²) in [5.74, 6) is 0.747. The van der Waals surface area contributed by atoms with Crippen molar-refractivity contribution in [3.05, 3.63) is 41.2 Å². The number of thiazole rings is 1. The average molecular weight is 364 g/mol. The van der Waals surface area contributed by atoms with Gasteiger partial charge in [0, 0.05) is 30.4 Å². The van der Waals surface area contributed by atoms with Crippen LogP contribution in [0.25, 0.3) is 0 Å². The molecule has 1 N–H and O–H groups in total. The van der Waals surface area contributed by atoms with Gasteiger partial charge in [0.2, 0.25) is 5.91 Å². The van der Waals surface area contributed by atoms with Crippen LogP contribution in [0.4, 0.5) is 0 Å². The first-order chi connectivity index (χ1) is 11.6. The molecule has 0 bridgehead atoms. The summed E-state index contributed by atoms with van der Waals surface area (Å²) in [6, 6.07) is 5.59. The Hall–Kier alpha value is -1.44. The smallest absolute Gasteiger partial charge is 0.233 e. The van der Waals surface area contributed by atoms with E-state index < -0.39 is 6.10 Å². The summed E-state index contributed by atoms with van der Waals surface area (Å²) in [6.07, 6.45) is 2.78. The second-order valence-corrected chi connectivity index (χ2v) is 8.04. The first-order valence-corrected chi connectivity index (χ1v) is 9.91. The van der Waals surface area contributed by atoms with E-state index in [-0.39, 0.29) is 11.8 Å². The molecule has 1 amide bonds. The molecule has 2 aromatic rings. The normalized spacial score (nSPS) is 17.0. The quantitative estimate of drug-likeness (QED) is 0.828. The number of piperidine rings is 1. The summed E-state index contributed by atoms with van der Waals surface area (Å²) in [6.45, 7) is 3.36. The number of aryl methyl sites for hydroxylation is 1. The van der Waals surface area contributed by atoms with Crippen molar-refractivity contribution in [2.45, 2.75) is 30.2 Å². The lowest BCUT2D eigenvalue weighted by Crippen LogP contribution is -2.40. The Morgan fingerprint density at radius 2 is 2.25 bits per heavy atom. The Kier molecular flexibility index (Phi) is 5.86. The number of aromatic nitrogens is 2. The van der Waals surface area contributed by atoms with Gasteiger partial charge < -0.3 is 10.0 Å². The minimum atomic E-state index is -0.545. The highest BCUT2D eigenvalue weighted by Gasteiger charge is 2.28. The largest absolute Gasteiger partial charge is 0.387 e. The second kappa shape index (κ2) is 8.09. The van der Waals surface area contributed by atoms with Crippen molar-refractivity contribution in [1.82, 2.24) is 14.9 Å². The predicted molar refractivity (Wildman–Crippen MR) is 96.1 cm³/mol. The third-order valence-corrected chi connectivity index (χ3v) is 6.37. The van der Waals surface area contributed by atoms with Gasteiger partial charge in [-0.3, -0.25) is 9.78 Å². The number of thioether (sulfide) groups is 1. The van der Waals surface area contributed by atoms with Crippen molar-refractivity contribution in [1.29, 1.82) is 0 Å². The molecule has 0 spiro atoms. The zero-order chi connectivity index (χ0) is 16.9. The van der Waals surface area contributed by atoms with E-state index in [9.17, 15) is 9.90 Å². The number of likely N-dealkylation sites (tertiary alicyclic amines) is 1. The van der Waals surface area contributed by atoms with Crippen LogP contribution in [0.15, 0.2) is 34.1 Å². The van der Waals surface area contributed by atoms with Crippen LogP contribution < -0.4 is 0 Å². The van der Waals surface area contributed by atoms with Crippen molar-refractivity contribution in [2.75, 3.05) is 18.8 Å². The molecule has 3 heterocycles. The highest BCUT2D eigenvalue weighted by molar-refractivity contribution is 8.01. The molecule has 1 aliphatic heterocycles. The number of rotatable bonds is 5. The Balaban J connectivity index is 1.47. The van der Waals surface area contributed by atoms with Crippen LogP contribution in [-0.4, -0.2) is 44.7 Å². The molecule has 0 aromatic carbocycles. The number of amides is 1. The maximum Gasteiger partial charge on any atom is 0.233 e. The van der Waals surface area contributed by atoms with E-state index in [0.717, 1.165) is 28.6 Å². The molecular weight excluding hydrogens is 342 g/mol. The van der Waals surface area contributed by atoms with Gasteiger partial charge in [-0.2, -0.15) is 0 Å². The molecule has 24 heavy (non-hydrogen) atoms. The number of hydrogen-bond donors (Lipinski definition) is 1. The number of nitrogens with zero attached hydrogens (tertiary/aromatic N) is 3. The summed E-state index contributed by atoms with van der Waals surface area (Å²) in [5.41, 5.74) is 1.72. The predicted octanol–water partition coefficient (Wildman–Crippen LogP) is 2.91. The molecule has 7 heteroatoms. The van der Waals surface area contributed by atoms with Crippen molar-refractivity contribution in [2.24, 2.45) is 5.92 Å². The van der Waals surface area contributed by atoms with Gasteiger partial charge in [-0.05, 0) is 37.8 Å². The minimum Gasteiger partial charge on any atom is -0.387 e. The number of pyridine rings is 1. The third kappa shape index (κ3) is 4.34. The SMILES string of the molecule is Cc1csc(SCC(=O)N2CCC([C@H](O)c3ccccn3)CC2)n1. The summed E-state index contributed by atoms with van der Waals surface area (Å²) in [5, 5.41) is 12.4. The van der Waals surface area contributed by atoms with Gasteiger partial charge in [-0.25, -0.2) is 4.98 Å². The van der Waals surface area contributed by atoms with Crippen molar-refractivity contribution in [3.63, 3.8) is 0 Å². The molecule has 1 saturated heterocycles. The average Bonchev–Trinajstić information content (AvgIpc) is 3.05. The summed E-state index contributed by atoms with van der Waals surface area (Å²) < 4.78 is 0.946. The van der Waals surface area contributed by atoms with Crippen molar-refractivity contribution >= 4 is 29.0 Å². The van der Waals surface area contributed by atoms with Gasteiger partial charge in [0.25, 0.3) is 0 Å². The first-order valence-electron chi connectivity index (χ1n) is 8.05. The Morgan fingerprint density at radius 1 is 1.46 bits per heavy atom. The molecule has 0 unspecified atom stereocenters. The zero-order valence-corrected chi connectivity index (χ0v) is 15.2. The summed E-state index contributed by atoms with van der Waals surface area (Å²) >= 11 is 3.09. The van der Waals surface area contributed by atoms with Gasteiger partial charge in [0.05, 0.1) is 17.6 Å². The van der Waals surface area contributed by atoms with Gasteiger partial charge >= 0.3 is 0 Å². The molecule has 1 aliphatic rings. The van der Waals surface area contributed by atoms with E-state index in [4.69, 9.17) is 0 Å². The lowest BCUT2D eigenvalue weighted by Gasteiger charge is -2.34. The Morgan fingerprint density at radius 3 is 2.88 bits per heavy atom. The van der Waals surface area contributed by atoms with Crippen LogP contribution in [0, 0.1) is 12.8 Å². The highest BCUT2D eigenvalue weighted by atomic mass is 32.2. The number of aliphatic hydroxyl groups excluding tert-OH is 1. The van der Waals surface area contributed by atoms with Gasteiger partial charge in [-0.15, -0.1) is 11.3 Å². The topological polar surface area (TPSA) is 66.3 Å². The third-order valence-electron chi connectivity index (χ3n) is 4.25. The number of hydrogen-bond acceptors (Lipinski definition) is 6. The van der Waals surface area contributed by atoms with Crippen LogP contribution in [0.1, 0.15) is 30.3 Å². The maximum atomic E-state index is 12.3. The van der Waals surface area contributed by atoms with Crippen LogP contribution >= 0.6 is 23.1 Å². The van der Waals surface area contributed by atoms with Crippen LogP contribution in [0.2, 0.25) is 0 Å².